The van der Waals surface area contributed by atoms with E-state index < -0.39 is 26.0 Å². The first kappa shape index (κ1) is 36.3. The number of aromatic carboxylic acids is 1. The van der Waals surface area contributed by atoms with Crippen LogP contribution in [0.4, 0.5) is 0 Å². The van der Waals surface area contributed by atoms with E-state index in [0.29, 0.717) is 34.8 Å². The largest absolute Gasteiger partial charge is 0.478 e. The van der Waals surface area contributed by atoms with Gasteiger partial charge < -0.3 is 14.6 Å². The number of carbonyl (C=O) groups is 1. The third-order valence-electron chi connectivity index (χ3n) is 6.31. The summed E-state index contributed by atoms with van der Waals surface area (Å²) in [6.07, 6.45) is 5.59. The van der Waals surface area contributed by atoms with Crippen molar-refractivity contribution < 1.29 is 36.2 Å². The molecule has 0 saturated heterocycles. The number of pyridine rings is 2. The average molecular weight is 734 g/mol. The van der Waals surface area contributed by atoms with E-state index in [1.165, 1.54) is 59.9 Å². The van der Waals surface area contributed by atoms with E-state index in [-0.39, 0.29) is 21.0 Å². The summed E-state index contributed by atoms with van der Waals surface area (Å²) in [6.45, 7) is 4.59. The Bertz CT molecular complexity index is 1920. The summed E-state index contributed by atoms with van der Waals surface area (Å²) >= 11 is 3.21. The Hall–Kier alpha value is -4.15. The van der Waals surface area contributed by atoms with Crippen molar-refractivity contribution in [2.45, 2.75) is 23.6 Å². The second-order valence-corrected chi connectivity index (χ2v) is 13.8. The van der Waals surface area contributed by atoms with Gasteiger partial charge >= 0.3 is 5.97 Å². The van der Waals surface area contributed by atoms with E-state index in [9.17, 15) is 26.7 Å². The zero-order valence-corrected chi connectivity index (χ0v) is 28.7. The number of methoxy groups -OCH3 is 2. The second-order valence-electron chi connectivity index (χ2n) is 9.40. The molecule has 46 heavy (non-hydrogen) atoms. The van der Waals surface area contributed by atoms with Crippen molar-refractivity contribution in [2.75, 3.05) is 27.4 Å². The molecule has 4 aromatic heterocycles. The van der Waals surface area contributed by atoms with Crippen molar-refractivity contribution in [1.82, 2.24) is 17.9 Å². The van der Waals surface area contributed by atoms with Gasteiger partial charge in [0.2, 0.25) is 0 Å². The van der Waals surface area contributed by atoms with Crippen LogP contribution in [-0.4, -0.2) is 73.3 Å². The van der Waals surface area contributed by atoms with Crippen molar-refractivity contribution in [3.63, 3.8) is 0 Å². The molecule has 0 bridgehead atoms. The van der Waals surface area contributed by atoms with Crippen LogP contribution in [0.15, 0.2) is 112 Å². The Kier molecular flexibility index (Phi) is 13.0. The molecule has 0 spiro atoms. The third-order valence-corrected chi connectivity index (χ3v) is 10.8. The Morgan fingerprint density at radius 3 is 1.72 bits per heavy atom. The number of aryl methyl sites for hydroxylation is 1. The van der Waals surface area contributed by atoms with Gasteiger partial charge in [-0.05, 0) is 77.8 Å². The van der Waals surface area contributed by atoms with Gasteiger partial charge in [0.25, 0.3) is 20.0 Å². The minimum Gasteiger partial charge on any atom is -0.478 e. The Morgan fingerprint density at radius 1 is 0.783 bits per heavy atom. The number of halogens is 1. The van der Waals surface area contributed by atoms with Crippen LogP contribution in [0.25, 0.3) is 11.3 Å². The van der Waals surface area contributed by atoms with Gasteiger partial charge in [0, 0.05) is 50.4 Å². The lowest BCUT2D eigenvalue weighted by atomic mass is 10.1. The van der Waals surface area contributed by atoms with Gasteiger partial charge in [0.05, 0.1) is 24.5 Å². The van der Waals surface area contributed by atoms with E-state index >= 15 is 0 Å². The number of aromatic nitrogens is 4. The molecule has 0 aliphatic carbocycles. The fourth-order valence-electron chi connectivity index (χ4n) is 4.10. The van der Waals surface area contributed by atoms with E-state index in [4.69, 9.17) is 0 Å². The van der Waals surface area contributed by atoms with Gasteiger partial charge in [-0.2, -0.15) is 0 Å². The molecular weight excluding hydrogens is 700 g/mol. The van der Waals surface area contributed by atoms with E-state index in [1.54, 1.807) is 69.7 Å². The maximum Gasteiger partial charge on any atom is 0.337 e. The molecule has 5 rings (SSSR count). The monoisotopic (exact) mass is 732 g/mol. The summed E-state index contributed by atoms with van der Waals surface area (Å²) in [4.78, 5) is 19.3. The molecule has 0 unspecified atom stereocenters. The first-order chi connectivity index (χ1) is 21.9. The smallest absolute Gasteiger partial charge is 0.337 e. The summed E-state index contributed by atoms with van der Waals surface area (Å²) in [7, 11) is -4.22. The van der Waals surface area contributed by atoms with E-state index in [1.807, 2.05) is 0 Å². The molecule has 0 atom stereocenters. The number of carboxylic acid groups (broad SMARTS) is 1. The molecule has 0 radical (unpaired) electrons. The maximum atomic E-state index is 13.0. The molecule has 5 aromatic rings. The summed E-state index contributed by atoms with van der Waals surface area (Å²) in [5.41, 5.74) is 1.65. The van der Waals surface area contributed by atoms with Crippen molar-refractivity contribution in [3.05, 3.63) is 119 Å². The minimum absolute atomic E-state index is 0.00202. The van der Waals surface area contributed by atoms with Crippen LogP contribution in [-0.2, 0) is 29.5 Å². The van der Waals surface area contributed by atoms with Crippen LogP contribution in [0, 0.1) is 13.8 Å². The molecule has 0 fully saturated rings. The van der Waals surface area contributed by atoms with Gasteiger partial charge in [-0.3, -0.25) is 9.97 Å². The molecule has 244 valence electrons. The molecule has 0 amide bonds. The lowest BCUT2D eigenvalue weighted by Crippen LogP contribution is -2.16. The summed E-state index contributed by atoms with van der Waals surface area (Å²) in [5.74, 6) is -1.18. The normalized spacial score (nSPS) is 11.2. The number of carboxylic acids is 1. The predicted octanol–water partition coefficient (Wildman–Crippen LogP) is 5.26. The van der Waals surface area contributed by atoms with Crippen LogP contribution in [0.5, 0.6) is 0 Å². The van der Waals surface area contributed by atoms with Crippen LogP contribution in [0.1, 0.15) is 21.7 Å². The highest BCUT2D eigenvalue weighted by Gasteiger charge is 2.27. The average Bonchev–Trinajstić information content (AvgIpc) is 3.60. The van der Waals surface area contributed by atoms with Crippen molar-refractivity contribution >= 4 is 41.9 Å². The Balaban J connectivity index is 0.000000225. The molecule has 1 aromatic carbocycles. The highest BCUT2D eigenvalue weighted by molar-refractivity contribution is 9.10. The van der Waals surface area contributed by atoms with Crippen LogP contribution in [0.2, 0.25) is 0 Å². The molecule has 1 N–H and O–H groups in total. The third kappa shape index (κ3) is 8.55. The number of hydrogen-bond acceptors (Lipinski definition) is 9. The maximum absolute atomic E-state index is 13.0. The van der Waals surface area contributed by atoms with Crippen molar-refractivity contribution in [3.8, 4) is 11.3 Å². The zero-order valence-electron chi connectivity index (χ0n) is 25.4. The fourth-order valence-corrected chi connectivity index (χ4v) is 8.00. The number of rotatable bonds is 9. The van der Waals surface area contributed by atoms with Gasteiger partial charge in [-0.1, -0.05) is 30.3 Å². The molecule has 12 nitrogen and oxygen atoms in total. The summed E-state index contributed by atoms with van der Waals surface area (Å²) in [6, 6.07) is 19.7. The van der Waals surface area contributed by atoms with Crippen molar-refractivity contribution in [1.29, 1.82) is 0 Å². The number of benzene rings is 1. The van der Waals surface area contributed by atoms with Gasteiger partial charge in [0.15, 0.2) is 0 Å². The number of hydrogen-bond donors (Lipinski definition) is 1. The molecule has 15 heteroatoms. The van der Waals surface area contributed by atoms with Crippen molar-refractivity contribution in [2.24, 2.45) is 0 Å². The molecular formula is C31H33BrN4O8S2. The lowest BCUT2D eigenvalue weighted by Gasteiger charge is -2.12. The molecule has 0 saturated carbocycles. The fraction of sp³-hybridized carbons (Fsp3) is 0.194. The SMILES string of the molecule is COCCOC.Cc1c(C(=O)O)cc(-c2ccccc2)n1S(=O)(=O)c1cccnc1.Cc1ccc(Br)n1S(=O)(=O)c1cccnc1. The van der Waals surface area contributed by atoms with Crippen LogP contribution in [0.3, 0.4) is 0 Å². The predicted molar refractivity (Wildman–Crippen MR) is 176 cm³/mol. The minimum atomic E-state index is -3.97. The zero-order chi connectivity index (χ0) is 33.9. The summed E-state index contributed by atoms with van der Waals surface area (Å²) in [5, 5.41) is 9.37. The first-order valence-corrected chi connectivity index (χ1v) is 17.2. The first-order valence-electron chi connectivity index (χ1n) is 13.5. The highest BCUT2D eigenvalue weighted by Crippen LogP contribution is 2.30. The van der Waals surface area contributed by atoms with Gasteiger partial charge in [-0.25, -0.2) is 29.6 Å². The molecule has 0 aliphatic heterocycles. The van der Waals surface area contributed by atoms with E-state index in [2.05, 4.69) is 35.4 Å². The number of ether oxygens (including phenoxy) is 2. The summed E-state index contributed by atoms with van der Waals surface area (Å²) < 4.78 is 62.6. The number of nitrogens with zero attached hydrogens (tertiary/aromatic N) is 4. The Morgan fingerprint density at radius 2 is 1.30 bits per heavy atom. The quantitative estimate of drug-likeness (QED) is 0.198. The standard InChI is InChI=1S/C17H14N2O4S.C10H9BrN2O2S.C4H10O2/c1-12-15(17(20)21)10-16(13-6-3-2-4-7-13)19(12)24(22,23)14-8-5-9-18-11-14;1-8-4-5-10(11)13(8)16(14,15)9-3-2-6-12-7-9;1-5-3-4-6-2/h2-11H,1H3,(H,20,21);2-7H,1H3;3-4H2,1-2H3. The highest BCUT2D eigenvalue weighted by atomic mass is 79.9. The lowest BCUT2D eigenvalue weighted by molar-refractivity contribution is 0.0696. The second kappa shape index (κ2) is 16.4. The van der Waals surface area contributed by atoms with Gasteiger partial charge in [0.1, 0.15) is 14.4 Å². The van der Waals surface area contributed by atoms with Crippen LogP contribution < -0.4 is 0 Å². The van der Waals surface area contributed by atoms with Crippen LogP contribution >= 0.6 is 15.9 Å². The molecule has 0 aliphatic rings. The Labute approximate surface area is 276 Å². The molecule has 4 heterocycles. The van der Waals surface area contributed by atoms with Gasteiger partial charge in [-0.15, -0.1) is 0 Å². The van der Waals surface area contributed by atoms with E-state index in [0.717, 1.165) is 3.97 Å². The topological polar surface area (TPSA) is 160 Å².